The second kappa shape index (κ2) is 12.3. The van der Waals surface area contributed by atoms with Crippen LogP contribution in [0.2, 0.25) is 0 Å². The highest BCUT2D eigenvalue weighted by Gasteiger charge is 2.19. The van der Waals surface area contributed by atoms with Gasteiger partial charge in [0.2, 0.25) is 0 Å². The molecule has 5 rings (SSSR count). The molecule has 3 nitrogen and oxygen atoms in total. The van der Waals surface area contributed by atoms with Gasteiger partial charge in [0.1, 0.15) is 24.0 Å². The summed E-state index contributed by atoms with van der Waals surface area (Å²) in [5, 5.41) is 2.36. The molecule has 1 saturated heterocycles. The largest absolute Gasteiger partial charge is 0.492 e. The topological polar surface area (TPSA) is 15.7 Å². The lowest BCUT2D eigenvalue weighted by Crippen LogP contribution is -2.47. The van der Waals surface area contributed by atoms with E-state index in [0.29, 0.717) is 6.61 Å². The highest BCUT2D eigenvalue weighted by atomic mass is 19.1. The van der Waals surface area contributed by atoms with Gasteiger partial charge in [-0.25, -0.2) is 8.78 Å². The van der Waals surface area contributed by atoms with E-state index in [0.717, 1.165) is 74.4 Å². The molecular weight excluding hydrogens is 466 g/mol. The first-order valence-corrected chi connectivity index (χ1v) is 13.2. The Morgan fingerprint density at radius 1 is 0.649 bits per heavy atom. The number of fused-ring (bicyclic) bond motifs is 1. The summed E-state index contributed by atoms with van der Waals surface area (Å²) in [5.74, 6) is 0.617. The van der Waals surface area contributed by atoms with Gasteiger partial charge in [-0.1, -0.05) is 60.7 Å². The molecule has 4 aromatic rings. The highest BCUT2D eigenvalue weighted by molar-refractivity contribution is 5.88. The van der Waals surface area contributed by atoms with Crippen molar-refractivity contribution in [3.05, 3.63) is 114 Å². The fourth-order valence-electron chi connectivity index (χ4n) is 5.28. The van der Waals surface area contributed by atoms with Gasteiger partial charge in [-0.15, -0.1) is 0 Å². The van der Waals surface area contributed by atoms with E-state index in [4.69, 9.17) is 4.74 Å². The minimum atomic E-state index is -0.234. The summed E-state index contributed by atoms with van der Waals surface area (Å²) in [4.78, 5) is 5.00. The zero-order valence-corrected chi connectivity index (χ0v) is 21.2. The Morgan fingerprint density at radius 2 is 1.22 bits per heavy atom. The average Bonchev–Trinajstić information content (AvgIpc) is 2.93. The van der Waals surface area contributed by atoms with Gasteiger partial charge in [0.15, 0.2) is 0 Å². The Kier molecular flexibility index (Phi) is 8.44. The van der Waals surface area contributed by atoms with Crippen molar-refractivity contribution in [3.8, 4) is 5.75 Å². The van der Waals surface area contributed by atoms with Crippen molar-refractivity contribution >= 4 is 10.8 Å². The summed E-state index contributed by atoms with van der Waals surface area (Å²) in [6.07, 6.45) is 1.97. The predicted octanol–water partition coefficient (Wildman–Crippen LogP) is 6.73. The molecule has 1 fully saturated rings. The molecule has 4 aromatic carbocycles. The summed E-state index contributed by atoms with van der Waals surface area (Å²) in [6.45, 7) is 6.81. The summed E-state index contributed by atoms with van der Waals surface area (Å²) < 4.78 is 33.1. The van der Waals surface area contributed by atoms with Crippen LogP contribution in [0.4, 0.5) is 8.78 Å². The van der Waals surface area contributed by atoms with Gasteiger partial charge in [-0.05, 0) is 66.2 Å². The van der Waals surface area contributed by atoms with Crippen LogP contribution in [0.15, 0.2) is 91.0 Å². The number of hydrogen-bond donors (Lipinski definition) is 0. The van der Waals surface area contributed by atoms with Crippen molar-refractivity contribution in [2.24, 2.45) is 0 Å². The fraction of sp³-hybridized carbons (Fsp3) is 0.312. The van der Waals surface area contributed by atoms with Crippen molar-refractivity contribution in [2.75, 3.05) is 45.9 Å². The molecule has 0 saturated carbocycles. The zero-order valence-electron chi connectivity index (χ0n) is 21.2. The number of piperazine rings is 1. The second-order valence-corrected chi connectivity index (χ2v) is 9.81. The molecule has 0 N–H and O–H groups in total. The van der Waals surface area contributed by atoms with E-state index in [9.17, 15) is 8.78 Å². The van der Waals surface area contributed by atoms with Crippen molar-refractivity contribution in [3.63, 3.8) is 0 Å². The first-order chi connectivity index (χ1) is 18.2. The van der Waals surface area contributed by atoms with Crippen LogP contribution in [0.3, 0.4) is 0 Å². The van der Waals surface area contributed by atoms with Gasteiger partial charge < -0.3 is 9.64 Å². The Labute approximate surface area is 218 Å². The maximum absolute atomic E-state index is 13.5. The molecule has 37 heavy (non-hydrogen) atoms. The molecular formula is C32H34F2N2O. The van der Waals surface area contributed by atoms with E-state index in [1.54, 1.807) is 0 Å². The third-order valence-corrected chi connectivity index (χ3v) is 7.39. The third-order valence-electron chi connectivity index (χ3n) is 7.39. The average molecular weight is 501 g/mol. The third kappa shape index (κ3) is 6.73. The van der Waals surface area contributed by atoms with E-state index < -0.39 is 0 Å². The van der Waals surface area contributed by atoms with Crippen molar-refractivity contribution < 1.29 is 13.5 Å². The molecule has 0 aromatic heterocycles. The van der Waals surface area contributed by atoms with E-state index in [1.165, 1.54) is 29.7 Å². The second-order valence-electron chi connectivity index (χ2n) is 9.81. The van der Waals surface area contributed by atoms with Crippen molar-refractivity contribution in [1.82, 2.24) is 9.80 Å². The highest BCUT2D eigenvalue weighted by Crippen LogP contribution is 2.30. The summed E-state index contributed by atoms with van der Waals surface area (Å²) in [7, 11) is 0. The molecule has 1 heterocycles. The molecule has 1 aliphatic rings. The van der Waals surface area contributed by atoms with E-state index in [1.807, 2.05) is 36.4 Å². The molecule has 0 radical (unpaired) electrons. The van der Waals surface area contributed by atoms with Crippen LogP contribution in [-0.2, 0) is 0 Å². The van der Waals surface area contributed by atoms with Gasteiger partial charge in [0, 0.05) is 44.0 Å². The lowest BCUT2D eigenvalue weighted by molar-refractivity contribution is 0.116. The van der Waals surface area contributed by atoms with Crippen LogP contribution >= 0.6 is 0 Å². The standard InChI is InChI=1S/C32H34F2N2O/c33-28-14-10-26(11-15-28)30(27-12-16-29(34)17-13-27)8-4-18-35-19-21-36(22-20-35)23-24-37-32-9-3-6-25-5-1-2-7-31(25)32/h1-3,5-7,9-17,30H,4,8,18-24H2. The molecule has 5 heteroatoms. The molecule has 192 valence electrons. The molecule has 0 atom stereocenters. The number of hydrogen-bond acceptors (Lipinski definition) is 3. The predicted molar refractivity (Wildman–Crippen MR) is 146 cm³/mol. The summed E-state index contributed by atoms with van der Waals surface area (Å²) >= 11 is 0. The minimum absolute atomic E-state index is 0.133. The van der Waals surface area contributed by atoms with E-state index >= 15 is 0 Å². The number of rotatable bonds is 10. The van der Waals surface area contributed by atoms with Gasteiger partial charge in [-0.2, -0.15) is 0 Å². The first-order valence-electron chi connectivity index (χ1n) is 13.2. The Hall–Kier alpha value is -3.28. The maximum Gasteiger partial charge on any atom is 0.127 e. The van der Waals surface area contributed by atoms with Crippen LogP contribution in [0.5, 0.6) is 5.75 Å². The Morgan fingerprint density at radius 3 is 1.86 bits per heavy atom. The molecule has 0 spiro atoms. The first kappa shape index (κ1) is 25.4. The lowest BCUT2D eigenvalue weighted by atomic mass is 9.87. The van der Waals surface area contributed by atoms with Crippen LogP contribution in [0, 0.1) is 11.6 Å². The molecule has 0 unspecified atom stereocenters. The van der Waals surface area contributed by atoms with E-state index in [-0.39, 0.29) is 17.6 Å². The summed E-state index contributed by atoms with van der Waals surface area (Å²) in [5.41, 5.74) is 2.15. The van der Waals surface area contributed by atoms with Crippen LogP contribution < -0.4 is 4.74 Å². The lowest BCUT2D eigenvalue weighted by Gasteiger charge is -2.34. The number of ether oxygens (including phenoxy) is 1. The Bertz CT molecular complexity index is 1220. The van der Waals surface area contributed by atoms with Gasteiger partial charge in [-0.3, -0.25) is 4.90 Å². The quantitative estimate of drug-likeness (QED) is 0.240. The van der Waals surface area contributed by atoms with Crippen molar-refractivity contribution in [2.45, 2.75) is 18.8 Å². The molecule has 1 aliphatic heterocycles. The van der Waals surface area contributed by atoms with Gasteiger partial charge in [0.25, 0.3) is 0 Å². The SMILES string of the molecule is Fc1ccc(C(CCCN2CCN(CCOc3cccc4ccccc34)CC2)c2ccc(F)cc2)cc1. The fourth-order valence-corrected chi connectivity index (χ4v) is 5.28. The number of benzene rings is 4. The van der Waals surface area contributed by atoms with E-state index in [2.05, 4.69) is 40.1 Å². The van der Waals surface area contributed by atoms with Crippen LogP contribution in [0.1, 0.15) is 29.9 Å². The van der Waals surface area contributed by atoms with Gasteiger partial charge >= 0.3 is 0 Å². The number of halogens is 2. The molecule has 0 bridgehead atoms. The maximum atomic E-state index is 13.5. The molecule has 0 aliphatic carbocycles. The van der Waals surface area contributed by atoms with Crippen LogP contribution in [-0.4, -0.2) is 55.7 Å². The Balaban J connectivity index is 1.07. The van der Waals surface area contributed by atoms with Crippen LogP contribution in [0.25, 0.3) is 10.8 Å². The van der Waals surface area contributed by atoms with Crippen molar-refractivity contribution in [1.29, 1.82) is 0 Å². The number of nitrogens with zero attached hydrogens (tertiary/aromatic N) is 2. The minimum Gasteiger partial charge on any atom is -0.492 e. The zero-order chi connectivity index (χ0) is 25.5. The monoisotopic (exact) mass is 500 g/mol. The normalized spacial score (nSPS) is 14.9. The smallest absolute Gasteiger partial charge is 0.127 e. The molecule has 0 amide bonds. The summed E-state index contributed by atoms with van der Waals surface area (Å²) in [6, 6.07) is 28.0. The van der Waals surface area contributed by atoms with Gasteiger partial charge in [0.05, 0.1) is 0 Å².